The van der Waals surface area contributed by atoms with Crippen LogP contribution >= 0.6 is 0 Å². The molecule has 1 aliphatic rings. The summed E-state index contributed by atoms with van der Waals surface area (Å²) >= 11 is 0. The fourth-order valence-electron chi connectivity index (χ4n) is 1.84. The molecule has 0 bridgehead atoms. The Labute approximate surface area is 82.5 Å². The largest absolute Gasteiger partial charge is 0.408 e. The Kier molecular flexibility index (Phi) is 3.55. The molecule has 0 aromatic carbocycles. The Morgan fingerprint density at radius 3 is 2.43 bits per heavy atom. The molecule has 6 heteroatoms. The summed E-state index contributed by atoms with van der Waals surface area (Å²) in [5, 5.41) is 11.4. The molecule has 0 heterocycles. The highest BCUT2D eigenvalue weighted by atomic mass is 16.4. The summed E-state index contributed by atoms with van der Waals surface area (Å²) in [5.41, 5.74) is 10.5. The number of carbonyl (C=O) groups is 1. The van der Waals surface area contributed by atoms with Crippen LogP contribution in [0.3, 0.4) is 0 Å². The average Bonchev–Trinajstić information content (AvgIpc) is 2.65. The van der Waals surface area contributed by atoms with Crippen LogP contribution in [-0.4, -0.2) is 34.6 Å². The molecule has 1 aliphatic carbocycles. The van der Waals surface area contributed by atoms with Crippen LogP contribution in [0.15, 0.2) is 5.16 Å². The number of hydrogen-bond donors (Lipinski definition) is 3. The smallest absolute Gasteiger partial charge is 0.237 e. The molecule has 1 saturated carbocycles. The van der Waals surface area contributed by atoms with Crippen molar-refractivity contribution in [2.24, 2.45) is 16.6 Å². The van der Waals surface area contributed by atoms with Crippen LogP contribution < -0.4 is 11.5 Å². The second-order valence-electron chi connectivity index (χ2n) is 3.49. The van der Waals surface area contributed by atoms with Crippen LogP contribution in [0.5, 0.6) is 0 Å². The SMILES string of the molecule is NC(=O)CN(C(N)=NO)C1CCCC1. The molecule has 1 rings (SSSR count). The summed E-state index contributed by atoms with van der Waals surface area (Å²) in [7, 11) is 0. The topological polar surface area (TPSA) is 105 Å². The first-order valence-corrected chi connectivity index (χ1v) is 4.67. The number of amides is 1. The molecule has 0 saturated heterocycles. The fraction of sp³-hybridized carbons (Fsp3) is 0.750. The lowest BCUT2D eigenvalue weighted by Crippen LogP contribution is -2.47. The van der Waals surface area contributed by atoms with Gasteiger partial charge in [-0.25, -0.2) is 0 Å². The molecule has 1 amide bonds. The summed E-state index contributed by atoms with van der Waals surface area (Å²) in [6, 6.07) is 0.179. The molecular formula is C8H16N4O2. The van der Waals surface area contributed by atoms with Crippen LogP contribution in [-0.2, 0) is 4.79 Å². The lowest BCUT2D eigenvalue weighted by Gasteiger charge is -2.27. The van der Waals surface area contributed by atoms with Crippen molar-refractivity contribution >= 4 is 11.9 Å². The van der Waals surface area contributed by atoms with Gasteiger partial charge in [0.1, 0.15) is 0 Å². The Morgan fingerprint density at radius 1 is 1.43 bits per heavy atom. The highest BCUT2D eigenvalue weighted by Crippen LogP contribution is 2.22. The minimum atomic E-state index is -0.469. The maximum absolute atomic E-state index is 10.8. The fourth-order valence-corrected chi connectivity index (χ4v) is 1.84. The van der Waals surface area contributed by atoms with Gasteiger partial charge < -0.3 is 21.6 Å². The second kappa shape index (κ2) is 4.69. The molecule has 0 atom stereocenters. The number of carbonyl (C=O) groups excluding carboxylic acids is 1. The Hall–Kier alpha value is -1.46. The molecule has 0 radical (unpaired) electrons. The zero-order valence-electron chi connectivity index (χ0n) is 8.02. The standard InChI is InChI=1S/C8H16N4O2/c9-7(13)5-12(8(10)11-14)6-3-1-2-4-6/h6,14H,1-5H2,(H2,9,13)(H2,10,11). The third kappa shape index (κ3) is 2.51. The van der Waals surface area contributed by atoms with Crippen molar-refractivity contribution in [2.45, 2.75) is 31.7 Å². The van der Waals surface area contributed by atoms with Crippen molar-refractivity contribution in [3.63, 3.8) is 0 Å². The van der Waals surface area contributed by atoms with Crippen LogP contribution in [0, 0.1) is 0 Å². The Bertz CT molecular complexity index is 235. The van der Waals surface area contributed by atoms with Crippen LogP contribution in [0.25, 0.3) is 0 Å². The quantitative estimate of drug-likeness (QED) is 0.245. The highest BCUT2D eigenvalue weighted by molar-refractivity contribution is 5.84. The zero-order chi connectivity index (χ0) is 10.6. The minimum Gasteiger partial charge on any atom is -0.408 e. The molecule has 0 aliphatic heterocycles. The molecule has 5 N–H and O–H groups in total. The van der Waals surface area contributed by atoms with E-state index in [0.717, 1.165) is 25.7 Å². The van der Waals surface area contributed by atoms with Gasteiger partial charge in [0.25, 0.3) is 0 Å². The number of nitrogens with two attached hydrogens (primary N) is 2. The number of hydrogen-bond acceptors (Lipinski definition) is 3. The predicted molar refractivity (Wildman–Crippen MR) is 51.6 cm³/mol. The van der Waals surface area contributed by atoms with Gasteiger partial charge in [-0.05, 0) is 12.8 Å². The van der Waals surface area contributed by atoms with E-state index in [1.165, 1.54) is 0 Å². The summed E-state index contributed by atoms with van der Waals surface area (Å²) in [5.74, 6) is -0.501. The molecule has 0 aromatic heterocycles. The number of nitrogens with zero attached hydrogens (tertiary/aromatic N) is 2. The van der Waals surface area contributed by atoms with Gasteiger partial charge >= 0.3 is 0 Å². The van der Waals surface area contributed by atoms with Crippen LogP contribution in [0.4, 0.5) is 0 Å². The van der Waals surface area contributed by atoms with E-state index in [-0.39, 0.29) is 18.5 Å². The third-order valence-electron chi connectivity index (χ3n) is 2.49. The molecule has 80 valence electrons. The second-order valence-corrected chi connectivity index (χ2v) is 3.49. The van der Waals surface area contributed by atoms with Gasteiger partial charge in [-0.3, -0.25) is 4.79 Å². The summed E-state index contributed by atoms with van der Waals surface area (Å²) in [6.45, 7) is 0.0144. The van der Waals surface area contributed by atoms with Gasteiger partial charge in [-0.1, -0.05) is 18.0 Å². The maximum Gasteiger partial charge on any atom is 0.237 e. The molecule has 1 fully saturated rings. The van der Waals surface area contributed by atoms with Crippen molar-refractivity contribution in [1.82, 2.24) is 4.90 Å². The number of guanidine groups is 1. The monoisotopic (exact) mass is 200 g/mol. The van der Waals surface area contributed by atoms with E-state index in [1.807, 2.05) is 0 Å². The maximum atomic E-state index is 10.8. The first-order chi connectivity index (χ1) is 6.65. The van der Waals surface area contributed by atoms with E-state index in [9.17, 15) is 4.79 Å². The predicted octanol–water partition coefficient (Wildman–Crippen LogP) is -0.580. The van der Waals surface area contributed by atoms with Crippen molar-refractivity contribution in [3.05, 3.63) is 0 Å². The van der Waals surface area contributed by atoms with Gasteiger partial charge in [-0.2, -0.15) is 0 Å². The molecule has 6 nitrogen and oxygen atoms in total. The third-order valence-corrected chi connectivity index (χ3v) is 2.49. The molecule has 0 spiro atoms. The zero-order valence-corrected chi connectivity index (χ0v) is 8.02. The van der Waals surface area contributed by atoms with Gasteiger partial charge in [0.05, 0.1) is 6.54 Å². The Morgan fingerprint density at radius 2 is 2.00 bits per heavy atom. The van der Waals surface area contributed by atoms with Crippen molar-refractivity contribution < 1.29 is 10.0 Å². The first kappa shape index (κ1) is 10.6. The lowest BCUT2D eigenvalue weighted by atomic mass is 10.2. The summed E-state index contributed by atoms with van der Waals surface area (Å²) < 4.78 is 0. The molecule has 14 heavy (non-hydrogen) atoms. The Balaban J connectivity index is 2.64. The number of rotatable bonds is 3. The van der Waals surface area contributed by atoms with Crippen molar-refractivity contribution in [1.29, 1.82) is 0 Å². The lowest BCUT2D eigenvalue weighted by molar-refractivity contribution is -0.118. The minimum absolute atomic E-state index is 0.0144. The van der Waals surface area contributed by atoms with E-state index in [2.05, 4.69) is 5.16 Å². The van der Waals surface area contributed by atoms with Gasteiger partial charge in [0, 0.05) is 6.04 Å². The first-order valence-electron chi connectivity index (χ1n) is 4.67. The molecule has 0 aromatic rings. The van der Waals surface area contributed by atoms with Gasteiger partial charge in [0.2, 0.25) is 11.9 Å². The normalized spacial score (nSPS) is 18.4. The van der Waals surface area contributed by atoms with E-state index in [4.69, 9.17) is 16.7 Å². The number of primary amides is 1. The summed E-state index contributed by atoms with van der Waals surface area (Å²) in [4.78, 5) is 12.3. The number of oxime groups is 1. The van der Waals surface area contributed by atoms with Crippen molar-refractivity contribution in [2.75, 3.05) is 6.54 Å². The summed E-state index contributed by atoms with van der Waals surface area (Å²) in [6.07, 6.45) is 4.14. The molecular weight excluding hydrogens is 184 g/mol. The van der Waals surface area contributed by atoms with Gasteiger partial charge in [-0.15, -0.1) is 0 Å². The van der Waals surface area contributed by atoms with Crippen LogP contribution in [0.2, 0.25) is 0 Å². The van der Waals surface area contributed by atoms with Crippen LogP contribution in [0.1, 0.15) is 25.7 Å². The van der Waals surface area contributed by atoms with Gasteiger partial charge in [0.15, 0.2) is 0 Å². The van der Waals surface area contributed by atoms with Crippen molar-refractivity contribution in [3.8, 4) is 0 Å². The average molecular weight is 200 g/mol. The highest BCUT2D eigenvalue weighted by Gasteiger charge is 2.25. The molecule has 0 unspecified atom stereocenters. The van der Waals surface area contributed by atoms with E-state index in [0.29, 0.717) is 0 Å². The van der Waals surface area contributed by atoms with E-state index < -0.39 is 5.91 Å². The van der Waals surface area contributed by atoms with E-state index in [1.54, 1.807) is 4.90 Å². The van der Waals surface area contributed by atoms with E-state index >= 15 is 0 Å².